The molecule has 0 saturated carbocycles. The van der Waals surface area contributed by atoms with E-state index in [2.05, 4.69) is 5.32 Å². The molecule has 0 bridgehead atoms. The van der Waals surface area contributed by atoms with Crippen LogP contribution in [0.2, 0.25) is 0 Å². The molecule has 0 aliphatic heterocycles. The molecule has 3 aromatic carbocycles. The van der Waals surface area contributed by atoms with Gasteiger partial charge in [-0.2, -0.15) is 8.42 Å². The maximum atomic E-state index is 12.6. The number of nitro groups is 1. The van der Waals surface area contributed by atoms with Crippen molar-refractivity contribution in [3.05, 3.63) is 69.8 Å². The number of anilines is 1. The monoisotopic (exact) mass is 402 g/mol. The third-order valence-corrected chi connectivity index (χ3v) is 4.94. The number of amides is 1. The second kappa shape index (κ2) is 6.91. The van der Waals surface area contributed by atoms with Gasteiger partial charge in [0.15, 0.2) is 0 Å². The number of nitro benzene ring substituents is 1. The van der Waals surface area contributed by atoms with E-state index < -0.39 is 25.8 Å². The average molecular weight is 402 g/mol. The number of phenols is 1. The minimum Gasteiger partial charge on any atom is -0.508 e. The molecule has 0 atom stereocenters. The summed E-state index contributed by atoms with van der Waals surface area (Å²) in [5.41, 5.74) is 0.308. The van der Waals surface area contributed by atoms with Gasteiger partial charge in [0.25, 0.3) is 21.7 Å². The Kier molecular flexibility index (Phi) is 4.75. The van der Waals surface area contributed by atoms with Crippen molar-refractivity contribution in [2.24, 2.45) is 0 Å². The summed E-state index contributed by atoms with van der Waals surface area (Å²) in [5, 5.41) is 23.8. The van der Waals surface area contributed by atoms with Crippen LogP contribution < -0.4 is 5.32 Å². The SMILES string of the molecule is Cc1cc(C(=O)Nc2cc(S(=O)(=O)O)cc3ccc(O)cc23)ccc1[N+](=O)[O-]. The van der Waals surface area contributed by atoms with Crippen LogP contribution in [0.3, 0.4) is 0 Å². The molecule has 0 saturated heterocycles. The molecule has 3 rings (SSSR count). The minimum absolute atomic E-state index is 0.0435. The summed E-state index contributed by atoms with van der Waals surface area (Å²) in [6.45, 7) is 1.49. The molecule has 10 heteroatoms. The first kappa shape index (κ1) is 19.3. The van der Waals surface area contributed by atoms with Crippen LogP contribution >= 0.6 is 0 Å². The maximum Gasteiger partial charge on any atom is 0.294 e. The molecule has 144 valence electrons. The van der Waals surface area contributed by atoms with E-state index in [0.717, 1.165) is 6.07 Å². The second-order valence-corrected chi connectivity index (χ2v) is 7.49. The van der Waals surface area contributed by atoms with Crippen molar-refractivity contribution in [3.8, 4) is 5.75 Å². The topological polar surface area (TPSA) is 147 Å². The van der Waals surface area contributed by atoms with Gasteiger partial charge < -0.3 is 10.4 Å². The number of aryl methyl sites for hydroxylation is 1. The van der Waals surface area contributed by atoms with Gasteiger partial charge in [-0.15, -0.1) is 0 Å². The van der Waals surface area contributed by atoms with Crippen LogP contribution in [0.5, 0.6) is 5.75 Å². The minimum atomic E-state index is -4.54. The molecule has 1 amide bonds. The van der Waals surface area contributed by atoms with Gasteiger partial charge in [0.05, 0.1) is 15.5 Å². The molecule has 9 nitrogen and oxygen atoms in total. The van der Waals surface area contributed by atoms with Gasteiger partial charge in [-0.1, -0.05) is 6.07 Å². The van der Waals surface area contributed by atoms with Crippen LogP contribution in [0, 0.1) is 17.0 Å². The predicted octanol–water partition coefficient (Wildman–Crippen LogP) is 3.26. The van der Waals surface area contributed by atoms with Crippen molar-refractivity contribution in [2.75, 3.05) is 5.32 Å². The van der Waals surface area contributed by atoms with Gasteiger partial charge in [0, 0.05) is 22.6 Å². The fraction of sp³-hybridized carbons (Fsp3) is 0.0556. The van der Waals surface area contributed by atoms with Crippen LogP contribution in [0.15, 0.2) is 53.4 Å². The molecular weight excluding hydrogens is 388 g/mol. The molecule has 0 aromatic heterocycles. The van der Waals surface area contributed by atoms with Gasteiger partial charge in [-0.25, -0.2) is 0 Å². The van der Waals surface area contributed by atoms with E-state index >= 15 is 0 Å². The number of rotatable bonds is 4. The first-order valence-electron chi connectivity index (χ1n) is 7.87. The van der Waals surface area contributed by atoms with Crippen molar-refractivity contribution in [1.82, 2.24) is 0 Å². The molecule has 3 N–H and O–H groups in total. The second-order valence-electron chi connectivity index (χ2n) is 6.06. The lowest BCUT2D eigenvalue weighted by Crippen LogP contribution is -2.13. The summed E-state index contributed by atoms with van der Waals surface area (Å²) in [7, 11) is -4.54. The zero-order chi connectivity index (χ0) is 20.6. The van der Waals surface area contributed by atoms with Crippen molar-refractivity contribution >= 4 is 38.2 Å². The molecule has 0 radical (unpaired) electrons. The van der Waals surface area contributed by atoms with Crippen molar-refractivity contribution in [3.63, 3.8) is 0 Å². The van der Waals surface area contributed by atoms with Crippen LogP contribution in [0.4, 0.5) is 11.4 Å². The molecule has 3 aromatic rings. The van der Waals surface area contributed by atoms with Gasteiger partial charge in [-0.05, 0) is 48.7 Å². The van der Waals surface area contributed by atoms with Gasteiger partial charge in [-0.3, -0.25) is 19.5 Å². The van der Waals surface area contributed by atoms with E-state index in [4.69, 9.17) is 0 Å². The number of carbonyl (C=O) groups excluding carboxylic acids is 1. The number of fused-ring (bicyclic) bond motifs is 1. The molecule has 0 heterocycles. The Balaban J connectivity index is 2.08. The summed E-state index contributed by atoms with van der Waals surface area (Å²) in [6, 6.07) is 10.2. The molecule has 0 aliphatic carbocycles. The first-order valence-corrected chi connectivity index (χ1v) is 9.31. The maximum absolute atomic E-state index is 12.6. The molecule has 0 aliphatic rings. The Hall–Kier alpha value is -3.50. The summed E-state index contributed by atoms with van der Waals surface area (Å²) in [5.74, 6) is -0.746. The van der Waals surface area contributed by atoms with Gasteiger partial charge in [0.1, 0.15) is 5.75 Å². The van der Waals surface area contributed by atoms with Gasteiger partial charge >= 0.3 is 0 Å². The Morgan fingerprint density at radius 3 is 2.43 bits per heavy atom. The Morgan fingerprint density at radius 2 is 1.82 bits per heavy atom. The zero-order valence-corrected chi connectivity index (χ0v) is 15.2. The number of nitrogens with zero attached hydrogens (tertiary/aromatic N) is 1. The van der Waals surface area contributed by atoms with Crippen molar-refractivity contribution in [1.29, 1.82) is 0 Å². The highest BCUT2D eigenvalue weighted by molar-refractivity contribution is 7.85. The molecule has 0 unspecified atom stereocenters. The van der Waals surface area contributed by atoms with E-state index in [0.29, 0.717) is 10.8 Å². The highest BCUT2D eigenvalue weighted by atomic mass is 32.2. The van der Waals surface area contributed by atoms with Crippen molar-refractivity contribution in [2.45, 2.75) is 11.8 Å². The predicted molar refractivity (Wildman–Crippen MR) is 101 cm³/mol. The third-order valence-electron chi connectivity index (χ3n) is 4.11. The van der Waals surface area contributed by atoms with E-state index in [1.54, 1.807) is 0 Å². The lowest BCUT2D eigenvalue weighted by atomic mass is 10.1. The fourth-order valence-corrected chi connectivity index (χ4v) is 3.31. The number of aromatic hydroxyl groups is 1. The lowest BCUT2D eigenvalue weighted by molar-refractivity contribution is -0.385. The Bertz CT molecular complexity index is 1240. The van der Waals surface area contributed by atoms with Crippen LogP contribution in [-0.2, 0) is 10.1 Å². The molecule has 0 fully saturated rings. The normalized spacial score (nSPS) is 11.4. The third kappa shape index (κ3) is 3.77. The number of hydrogen-bond donors (Lipinski definition) is 3. The molecular formula is C18H14N2O7S. The fourth-order valence-electron chi connectivity index (χ4n) is 2.77. The number of nitrogens with one attached hydrogen (secondary N) is 1. The number of phenolic OH excluding ortho intramolecular Hbond substituents is 1. The molecule has 28 heavy (non-hydrogen) atoms. The van der Waals surface area contributed by atoms with E-state index in [1.165, 1.54) is 49.4 Å². The van der Waals surface area contributed by atoms with Gasteiger partial charge in [0.2, 0.25) is 0 Å². The summed E-state index contributed by atoms with van der Waals surface area (Å²) in [6.07, 6.45) is 0. The first-order chi connectivity index (χ1) is 13.1. The largest absolute Gasteiger partial charge is 0.508 e. The number of carbonyl (C=O) groups is 1. The van der Waals surface area contributed by atoms with E-state index in [9.17, 15) is 33.0 Å². The summed E-state index contributed by atoms with van der Waals surface area (Å²) in [4.78, 5) is 22.5. The Morgan fingerprint density at radius 1 is 1.11 bits per heavy atom. The van der Waals surface area contributed by atoms with Crippen LogP contribution in [0.1, 0.15) is 15.9 Å². The van der Waals surface area contributed by atoms with E-state index in [1.807, 2.05) is 0 Å². The van der Waals surface area contributed by atoms with E-state index in [-0.39, 0.29) is 28.3 Å². The standard InChI is InChI=1S/C18H14N2O7S/c1-10-6-12(3-5-17(10)20(23)24)18(22)19-16-9-14(28(25,26)27)7-11-2-4-13(21)8-15(11)16/h2-9,21H,1H3,(H,19,22)(H,25,26,27). The van der Waals surface area contributed by atoms with Crippen LogP contribution in [0.25, 0.3) is 10.8 Å². The summed E-state index contributed by atoms with van der Waals surface area (Å²) >= 11 is 0. The smallest absolute Gasteiger partial charge is 0.294 e. The highest BCUT2D eigenvalue weighted by Crippen LogP contribution is 2.31. The lowest BCUT2D eigenvalue weighted by Gasteiger charge is -2.12. The summed E-state index contributed by atoms with van der Waals surface area (Å²) < 4.78 is 32.4. The number of hydrogen-bond acceptors (Lipinski definition) is 6. The Labute approximate surface area is 159 Å². The molecule has 0 spiro atoms. The van der Waals surface area contributed by atoms with Crippen molar-refractivity contribution < 1.29 is 27.8 Å². The zero-order valence-electron chi connectivity index (χ0n) is 14.4. The average Bonchev–Trinajstić information content (AvgIpc) is 2.60. The van der Waals surface area contributed by atoms with Crippen LogP contribution in [-0.4, -0.2) is 28.9 Å². The number of benzene rings is 3. The quantitative estimate of drug-likeness (QED) is 0.345. The highest BCUT2D eigenvalue weighted by Gasteiger charge is 2.18.